The van der Waals surface area contributed by atoms with Gasteiger partial charge in [0.25, 0.3) is 0 Å². The van der Waals surface area contributed by atoms with Gasteiger partial charge in [-0.15, -0.1) is 0 Å². The first-order valence-electron chi connectivity index (χ1n) is 11.7. The predicted molar refractivity (Wildman–Crippen MR) is 123 cm³/mol. The molecular formula is C25H46AsCl. The number of rotatable bonds is 17. The van der Waals surface area contributed by atoms with Gasteiger partial charge in [0.1, 0.15) is 0 Å². The van der Waals surface area contributed by atoms with E-state index in [1.807, 2.05) is 0 Å². The molecule has 1 aromatic carbocycles. The molecule has 0 heterocycles. The normalized spacial score (nSPS) is 11.4. The average molecular weight is 457 g/mol. The Balaban J connectivity index is 0.00000676. The molecule has 0 amide bonds. The van der Waals surface area contributed by atoms with E-state index in [0.29, 0.717) is 0 Å². The molecule has 0 spiro atoms. The van der Waals surface area contributed by atoms with Crippen LogP contribution in [0.2, 0.25) is 15.6 Å². The van der Waals surface area contributed by atoms with E-state index in [1.54, 1.807) is 21.2 Å². The summed E-state index contributed by atoms with van der Waals surface area (Å²) in [6.45, 7) is 7.07. The first-order valence-corrected chi connectivity index (χ1v) is 17.0. The minimum Gasteiger partial charge on any atom is -1.00 e. The molecule has 1 rings (SSSR count). The molecule has 0 saturated heterocycles. The van der Waals surface area contributed by atoms with E-state index in [-0.39, 0.29) is 12.4 Å². The second kappa shape index (κ2) is 18.1. The quantitative estimate of drug-likeness (QED) is 0.200. The van der Waals surface area contributed by atoms with Crippen molar-refractivity contribution in [3.8, 4) is 0 Å². The minimum atomic E-state index is -1.57. The number of hydrogen-bond donors (Lipinski definition) is 0. The molecule has 0 aliphatic heterocycles. The zero-order valence-electron chi connectivity index (χ0n) is 18.5. The molecule has 0 bridgehead atoms. The first kappa shape index (κ1) is 27.1. The summed E-state index contributed by atoms with van der Waals surface area (Å²) in [5.41, 5.74) is 1.63. The van der Waals surface area contributed by atoms with Crippen molar-refractivity contribution in [1.29, 1.82) is 0 Å². The fourth-order valence-corrected chi connectivity index (χ4v) is 14.6. The third-order valence-electron chi connectivity index (χ3n) is 5.82. The summed E-state index contributed by atoms with van der Waals surface area (Å²) in [5, 5.41) is 6.28. The van der Waals surface area contributed by atoms with Crippen LogP contribution in [0, 0.1) is 0 Å². The van der Waals surface area contributed by atoms with Crippen LogP contribution in [-0.2, 0) is 5.21 Å². The minimum absolute atomic E-state index is 0. The molecule has 158 valence electrons. The van der Waals surface area contributed by atoms with E-state index in [4.69, 9.17) is 0 Å². The van der Waals surface area contributed by atoms with Gasteiger partial charge in [-0.1, -0.05) is 0 Å². The van der Waals surface area contributed by atoms with Crippen molar-refractivity contribution in [3.63, 3.8) is 0 Å². The van der Waals surface area contributed by atoms with Crippen molar-refractivity contribution in [2.24, 2.45) is 0 Å². The van der Waals surface area contributed by atoms with E-state index in [1.165, 1.54) is 82.3 Å². The Morgan fingerprint density at radius 1 is 0.556 bits per heavy atom. The van der Waals surface area contributed by atoms with Crippen LogP contribution in [0.1, 0.15) is 103 Å². The van der Waals surface area contributed by atoms with Gasteiger partial charge in [-0.3, -0.25) is 0 Å². The maximum absolute atomic E-state index is 2.39. The van der Waals surface area contributed by atoms with Crippen LogP contribution < -0.4 is 12.4 Å². The van der Waals surface area contributed by atoms with Crippen LogP contribution in [0.4, 0.5) is 0 Å². The van der Waals surface area contributed by atoms with Crippen molar-refractivity contribution < 1.29 is 12.4 Å². The van der Waals surface area contributed by atoms with E-state index < -0.39 is 13.6 Å². The molecule has 27 heavy (non-hydrogen) atoms. The van der Waals surface area contributed by atoms with Gasteiger partial charge >= 0.3 is 168 Å². The molecule has 0 saturated carbocycles. The van der Waals surface area contributed by atoms with Gasteiger partial charge in [-0.2, -0.15) is 0 Å². The number of unbranched alkanes of at least 4 members (excludes halogenated alkanes) is 9. The summed E-state index contributed by atoms with van der Waals surface area (Å²) in [6, 6.07) is 11.4. The van der Waals surface area contributed by atoms with E-state index in [0.717, 1.165) is 0 Å². The molecule has 0 fully saturated rings. The van der Waals surface area contributed by atoms with E-state index in [2.05, 4.69) is 51.1 Å². The summed E-state index contributed by atoms with van der Waals surface area (Å²) in [5.74, 6) is 0. The summed E-state index contributed by atoms with van der Waals surface area (Å²) in [4.78, 5) is 0. The zero-order valence-corrected chi connectivity index (χ0v) is 21.2. The maximum atomic E-state index is 2.39. The van der Waals surface area contributed by atoms with Crippen LogP contribution in [-0.4, -0.2) is 13.6 Å². The first-order chi connectivity index (χ1) is 12.8. The van der Waals surface area contributed by atoms with Gasteiger partial charge in [0.15, 0.2) is 0 Å². The molecule has 1 aromatic rings. The Kier molecular flexibility index (Phi) is 18.2. The third-order valence-corrected chi connectivity index (χ3v) is 16.0. The molecule has 0 aromatic heterocycles. The zero-order chi connectivity index (χ0) is 18.9. The van der Waals surface area contributed by atoms with Crippen LogP contribution in [0.5, 0.6) is 0 Å². The molecular weight excluding hydrogens is 411 g/mol. The summed E-state index contributed by atoms with van der Waals surface area (Å²) in [6.07, 6.45) is 17.4. The molecule has 0 aliphatic rings. The molecule has 0 radical (unpaired) electrons. The van der Waals surface area contributed by atoms with E-state index in [9.17, 15) is 0 Å². The van der Waals surface area contributed by atoms with Gasteiger partial charge in [0, 0.05) is 0 Å². The maximum Gasteiger partial charge on any atom is -1.00 e. The van der Waals surface area contributed by atoms with Gasteiger partial charge in [0.2, 0.25) is 0 Å². The van der Waals surface area contributed by atoms with Gasteiger partial charge in [0.05, 0.1) is 0 Å². The second-order valence-electron chi connectivity index (χ2n) is 8.34. The molecule has 0 nitrogen and oxygen atoms in total. The predicted octanol–water partition coefficient (Wildman–Crippen LogP) is 5.96. The Morgan fingerprint density at radius 3 is 1.52 bits per heavy atom. The molecule has 2 heteroatoms. The summed E-state index contributed by atoms with van der Waals surface area (Å²) < 4.78 is 0. The molecule has 0 aliphatic carbocycles. The van der Waals surface area contributed by atoms with Crippen molar-refractivity contribution in [1.82, 2.24) is 0 Å². The summed E-state index contributed by atoms with van der Waals surface area (Å²) >= 11 is -1.57. The second-order valence-corrected chi connectivity index (χ2v) is 17.4. The van der Waals surface area contributed by atoms with Gasteiger partial charge in [-0.05, 0) is 0 Å². The van der Waals surface area contributed by atoms with Crippen molar-refractivity contribution in [2.75, 3.05) is 0 Å². The fraction of sp³-hybridized carbons (Fsp3) is 0.760. The monoisotopic (exact) mass is 456 g/mol. The molecule has 0 atom stereocenters. The largest absolute Gasteiger partial charge is 1.00 e. The SMILES string of the molecule is CCCCCCCCCC[As+](CCCC)(CCCC)Cc1ccccc1.[Cl-]. The topological polar surface area (TPSA) is 0 Å². The van der Waals surface area contributed by atoms with Crippen molar-refractivity contribution >= 4 is 13.6 Å². The van der Waals surface area contributed by atoms with Crippen molar-refractivity contribution in [3.05, 3.63) is 35.9 Å². The van der Waals surface area contributed by atoms with Crippen LogP contribution >= 0.6 is 0 Å². The Hall–Kier alpha value is 0.0684. The van der Waals surface area contributed by atoms with Crippen LogP contribution in [0.25, 0.3) is 0 Å². The number of hydrogen-bond acceptors (Lipinski definition) is 0. The Morgan fingerprint density at radius 2 is 1.00 bits per heavy atom. The smallest absolute Gasteiger partial charge is 1.00 e. The average Bonchev–Trinajstić information content (AvgIpc) is 2.67. The fourth-order valence-electron chi connectivity index (χ4n) is 4.11. The standard InChI is InChI=1S/C25H46As.ClH/c1-4-7-10-11-12-13-14-18-23-26(21-8-5-2,22-9-6-3)24-25-19-16-15-17-20-25;/h15-17,19-20H,4-14,18,21-24H2,1-3H3;1H/q+1;/p-1. The van der Waals surface area contributed by atoms with Gasteiger partial charge in [-0.25, -0.2) is 0 Å². The Bertz CT molecular complexity index is 410. The van der Waals surface area contributed by atoms with Crippen molar-refractivity contribution in [2.45, 2.75) is 119 Å². The summed E-state index contributed by atoms with van der Waals surface area (Å²) in [7, 11) is 0. The molecule has 0 N–H and O–H groups in total. The van der Waals surface area contributed by atoms with Crippen LogP contribution in [0.3, 0.4) is 0 Å². The number of benzene rings is 1. The van der Waals surface area contributed by atoms with Gasteiger partial charge < -0.3 is 12.4 Å². The Labute approximate surface area is 180 Å². The molecule has 0 unspecified atom stereocenters. The third kappa shape index (κ3) is 13.0. The van der Waals surface area contributed by atoms with Crippen LogP contribution in [0.15, 0.2) is 30.3 Å². The van der Waals surface area contributed by atoms with E-state index >= 15 is 0 Å². The number of halogens is 1.